The van der Waals surface area contributed by atoms with E-state index >= 15 is 0 Å². The molecule has 0 amide bonds. The zero-order valence-corrected chi connectivity index (χ0v) is 9.22. The van der Waals surface area contributed by atoms with Crippen LogP contribution < -0.4 is 5.32 Å². The van der Waals surface area contributed by atoms with E-state index in [0.717, 1.165) is 5.69 Å². The Hall–Kier alpha value is -1.20. The Balaban J connectivity index is 2.09. The maximum atomic E-state index is 8.74. The van der Waals surface area contributed by atoms with E-state index in [-0.39, 0.29) is 0 Å². The molecular formula is C12H13ClN2. The first kappa shape index (κ1) is 10.3. The van der Waals surface area contributed by atoms with Gasteiger partial charge >= 0.3 is 0 Å². The zero-order valence-electron chi connectivity index (χ0n) is 8.46. The van der Waals surface area contributed by atoms with Gasteiger partial charge in [-0.15, -0.1) is 0 Å². The molecule has 0 saturated heterocycles. The van der Waals surface area contributed by atoms with Crippen molar-refractivity contribution in [2.45, 2.75) is 31.7 Å². The van der Waals surface area contributed by atoms with Gasteiger partial charge in [0.25, 0.3) is 0 Å². The van der Waals surface area contributed by atoms with E-state index in [4.69, 9.17) is 16.9 Å². The first-order valence-corrected chi connectivity index (χ1v) is 5.63. The molecule has 0 aromatic heterocycles. The number of anilines is 1. The van der Waals surface area contributed by atoms with Gasteiger partial charge in [0.2, 0.25) is 0 Å². The summed E-state index contributed by atoms with van der Waals surface area (Å²) in [4.78, 5) is 0. The summed E-state index contributed by atoms with van der Waals surface area (Å²) in [5, 5.41) is 12.7. The number of hydrogen-bond donors (Lipinski definition) is 1. The summed E-state index contributed by atoms with van der Waals surface area (Å²) in [7, 11) is 0. The maximum Gasteiger partial charge on any atom is 0.101 e. The van der Waals surface area contributed by atoms with Gasteiger partial charge in [0.05, 0.1) is 10.6 Å². The lowest BCUT2D eigenvalue weighted by Crippen LogP contribution is -2.14. The Labute approximate surface area is 94.9 Å². The molecule has 1 saturated carbocycles. The lowest BCUT2D eigenvalue weighted by molar-refractivity contribution is 0.755. The molecule has 1 aromatic carbocycles. The van der Waals surface area contributed by atoms with Gasteiger partial charge in [-0.25, -0.2) is 0 Å². The first-order valence-electron chi connectivity index (χ1n) is 5.26. The summed E-state index contributed by atoms with van der Waals surface area (Å²) < 4.78 is 0. The summed E-state index contributed by atoms with van der Waals surface area (Å²) in [5.41, 5.74) is 1.56. The third kappa shape index (κ3) is 2.43. The van der Waals surface area contributed by atoms with Gasteiger partial charge in [-0.05, 0) is 31.0 Å². The van der Waals surface area contributed by atoms with Crippen LogP contribution in [0.15, 0.2) is 18.2 Å². The van der Waals surface area contributed by atoms with E-state index < -0.39 is 0 Å². The normalized spacial score (nSPS) is 16.3. The van der Waals surface area contributed by atoms with Gasteiger partial charge < -0.3 is 5.32 Å². The fraction of sp³-hybridized carbons (Fsp3) is 0.417. The van der Waals surface area contributed by atoms with Crippen LogP contribution in [0.25, 0.3) is 0 Å². The molecule has 3 heteroatoms. The lowest BCUT2D eigenvalue weighted by Gasteiger charge is -2.13. The minimum absolute atomic E-state index is 0.528. The van der Waals surface area contributed by atoms with Gasteiger partial charge in [-0.3, -0.25) is 0 Å². The van der Waals surface area contributed by atoms with Crippen LogP contribution in [0.5, 0.6) is 0 Å². The van der Waals surface area contributed by atoms with Crippen molar-refractivity contribution in [1.29, 1.82) is 5.26 Å². The topological polar surface area (TPSA) is 35.8 Å². The van der Waals surface area contributed by atoms with E-state index in [1.54, 1.807) is 6.07 Å². The predicted octanol–water partition coefficient (Wildman–Crippen LogP) is 3.57. The van der Waals surface area contributed by atoms with Crippen molar-refractivity contribution in [2.75, 3.05) is 5.32 Å². The summed E-state index contributed by atoms with van der Waals surface area (Å²) in [6.45, 7) is 0. The van der Waals surface area contributed by atoms with Crippen LogP contribution in [-0.4, -0.2) is 6.04 Å². The second-order valence-corrected chi connectivity index (χ2v) is 4.34. The molecule has 1 aromatic rings. The largest absolute Gasteiger partial charge is 0.382 e. The molecule has 0 radical (unpaired) electrons. The maximum absolute atomic E-state index is 8.74. The Kier molecular flexibility index (Phi) is 3.13. The zero-order chi connectivity index (χ0) is 10.7. The second-order valence-electron chi connectivity index (χ2n) is 3.93. The summed E-state index contributed by atoms with van der Waals surface area (Å²) in [6.07, 6.45) is 5.08. The Morgan fingerprint density at radius 1 is 1.33 bits per heavy atom. The highest BCUT2D eigenvalue weighted by Crippen LogP contribution is 2.25. The second kappa shape index (κ2) is 4.55. The molecule has 0 atom stereocenters. The van der Waals surface area contributed by atoms with Crippen molar-refractivity contribution in [3.63, 3.8) is 0 Å². The molecule has 1 aliphatic rings. The number of benzene rings is 1. The van der Waals surface area contributed by atoms with Crippen molar-refractivity contribution < 1.29 is 0 Å². The van der Waals surface area contributed by atoms with E-state index in [1.807, 2.05) is 12.1 Å². The Bertz CT molecular complexity index is 389. The first-order chi connectivity index (χ1) is 7.29. The summed E-state index contributed by atoms with van der Waals surface area (Å²) >= 11 is 5.95. The summed E-state index contributed by atoms with van der Waals surface area (Å²) in [6, 6.07) is 8.15. The van der Waals surface area contributed by atoms with Gasteiger partial charge in [0.15, 0.2) is 0 Å². The molecule has 1 N–H and O–H groups in total. The van der Waals surface area contributed by atoms with Crippen LogP contribution in [0, 0.1) is 11.3 Å². The molecular weight excluding hydrogens is 208 g/mol. The third-order valence-electron chi connectivity index (χ3n) is 2.82. The SMILES string of the molecule is N#Cc1ccc(NC2CCCC2)cc1Cl. The van der Waals surface area contributed by atoms with Gasteiger partial charge in [-0.1, -0.05) is 24.4 Å². The van der Waals surface area contributed by atoms with E-state index in [2.05, 4.69) is 11.4 Å². The van der Waals surface area contributed by atoms with Gasteiger partial charge in [0, 0.05) is 11.7 Å². The molecule has 2 nitrogen and oxygen atoms in total. The molecule has 1 fully saturated rings. The van der Waals surface area contributed by atoms with Gasteiger partial charge in [-0.2, -0.15) is 5.26 Å². The number of halogens is 1. The smallest absolute Gasteiger partial charge is 0.101 e. The summed E-state index contributed by atoms with van der Waals surface area (Å²) in [5.74, 6) is 0. The lowest BCUT2D eigenvalue weighted by atomic mass is 10.2. The Morgan fingerprint density at radius 2 is 2.07 bits per heavy atom. The average Bonchev–Trinajstić information content (AvgIpc) is 2.71. The van der Waals surface area contributed by atoms with Crippen LogP contribution in [-0.2, 0) is 0 Å². The molecule has 78 valence electrons. The van der Waals surface area contributed by atoms with Crippen LogP contribution in [0.3, 0.4) is 0 Å². The van der Waals surface area contributed by atoms with E-state index in [1.165, 1.54) is 25.7 Å². The molecule has 0 bridgehead atoms. The number of nitrogens with one attached hydrogen (secondary N) is 1. The highest BCUT2D eigenvalue weighted by Gasteiger charge is 2.14. The van der Waals surface area contributed by atoms with Crippen LogP contribution >= 0.6 is 11.6 Å². The van der Waals surface area contributed by atoms with Crippen molar-refractivity contribution in [1.82, 2.24) is 0 Å². The number of nitriles is 1. The molecule has 0 spiro atoms. The molecule has 0 aliphatic heterocycles. The quantitative estimate of drug-likeness (QED) is 0.827. The molecule has 0 heterocycles. The average molecular weight is 221 g/mol. The fourth-order valence-electron chi connectivity index (χ4n) is 2.00. The van der Waals surface area contributed by atoms with Gasteiger partial charge in [0.1, 0.15) is 6.07 Å². The van der Waals surface area contributed by atoms with Crippen molar-refractivity contribution in [3.05, 3.63) is 28.8 Å². The monoisotopic (exact) mass is 220 g/mol. The third-order valence-corrected chi connectivity index (χ3v) is 3.13. The molecule has 15 heavy (non-hydrogen) atoms. The van der Waals surface area contributed by atoms with Crippen LogP contribution in [0.4, 0.5) is 5.69 Å². The molecule has 0 unspecified atom stereocenters. The highest BCUT2D eigenvalue weighted by molar-refractivity contribution is 6.32. The van der Waals surface area contributed by atoms with Crippen molar-refractivity contribution in [2.24, 2.45) is 0 Å². The van der Waals surface area contributed by atoms with E-state index in [0.29, 0.717) is 16.6 Å². The molecule has 1 aliphatic carbocycles. The predicted molar refractivity (Wildman–Crippen MR) is 62.0 cm³/mol. The van der Waals surface area contributed by atoms with Crippen molar-refractivity contribution in [3.8, 4) is 6.07 Å². The number of hydrogen-bond acceptors (Lipinski definition) is 2. The molecule has 2 rings (SSSR count). The minimum atomic E-state index is 0.528. The van der Waals surface area contributed by atoms with E-state index in [9.17, 15) is 0 Å². The Morgan fingerprint density at radius 3 is 2.67 bits per heavy atom. The van der Waals surface area contributed by atoms with Crippen molar-refractivity contribution >= 4 is 17.3 Å². The van der Waals surface area contributed by atoms with Crippen LogP contribution in [0.1, 0.15) is 31.2 Å². The number of rotatable bonds is 2. The standard InChI is InChI=1S/C12H13ClN2/c13-12-7-11(6-5-9(12)8-14)15-10-3-1-2-4-10/h5-7,10,15H,1-4H2. The highest BCUT2D eigenvalue weighted by atomic mass is 35.5. The minimum Gasteiger partial charge on any atom is -0.382 e. The number of nitrogens with zero attached hydrogens (tertiary/aromatic N) is 1. The fourth-order valence-corrected chi connectivity index (χ4v) is 2.22. The van der Waals surface area contributed by atoms with Crippen LogP contribution in [0.2, 0.25) is 5.02 Å².